The Morgan fingerprint density at radius 1 is 1.13 bits per heavy atom. The smallest absolute Gasteiger partial charge is 0.291 e. The van der Waals surface area contributed by atoms with E-state index in [1.165, 1.54) is 18.2 Å². The number of hydrogen-bond donors (Lipinski definition) is 1. The largest absolute Gasteiger partial charge is 0.455 e. The Morgan fingerprint density at radius 2 is 1.93 bits per heavy atom. The summed E-state index contributed by atoms with van der Waals surface area (Å²) in [5.41, 5.74) is 0.498. The van der Waals surface area contributed by atoms with Gasteiger partial charge in [0.2, 0.25) is 0 Å². The van der Waals surface area contributed by atoms with Crippen molar-refractivity contribution in [2.45, 2.75) is 26.3 Å². The third-order valence-electron chi connectivity index (χ3n) is 4.99. The molecule has 1 fully saturated rings. The number of hydrogen-bond acceptors (Lipinski definition) is 6. The third-order valence-corrected chi connectivity index (χ3v) is 4.99. The number of nitrogens with one attached hydrogen (secondary N) is 1. The van der Waals surface area contributed by atoms with E-state index >= 15 is 0 Å². The van der Waals surface area contributed by atoms with Gasteiger partial charge in [0, 0.05) is 24.9 Å². The zero-order valence-electron chi connectivity index (χ0n) is 16.7. The first-order valence-electron chi connectivity index (χ1n) is 10.0. The molecule has 0 atom stereocenters. The fourth-order valence-electron chi connectivity index (χ4n) is 3.47. The Labute approximate surface area is 172 Å². The molecular weight excluding hydrogens is 391 g/mol. The fourth-order valence-corrected chi connectivity index (χ4v) is 3.47. The number of nitrogens with zero attached hydrogens (tertiary/aromatic N) is 1. The highest BCUT2D eigenvalue weighted by Gasteiger charge is 2.24. The van der Waals surface area contributed by atoms with Gasteiger partial charge in [-0.2, -0.15) is 0 Å². The molecule has 0 saturated carbocycles. The highest BCUT2D eigenvalue weighted by atomic mass is 19.1. The van der Waals surface area contributed by atoms with Gasteiger partial charge < -0.3 is 18.9 Å². The van der Waals surface area contributed by atoms with E-state index in [2.05, 4.69) is 10.2 Å². The van der Waals surface area contributed by atoms with Gasteiger partial charge in [0.25, 0.3) is 5.91 Å². The second-order valence-corrected chi connectivity index (χ2v) is 7.23. The number of amides is 1. The average Bonchev–Trinajstić information content (AvgIpc) is 3.34. The molecule has 0 bridgehead atoms. The van der Waals surface area contributed by atoms with Crippen LogP contribution in [-0.2, 0) is 11.3 Å². The van der Waals surface area contributed by atoms with Gasteiger partial charge in [-0.15, -0.1) is 0 Å². The van der Waals surface area contributed by atoms with Crippen LogP contribution in [-0.4, -0.2) is 42.9 Å². The molecule has 8 heteroatoms. The molecule has 0 aliphatic carbocycles. The summed E-state index contributed by atoms with van der Waals surface area (Å²) >= 11 is 0. The highest BCUT2D eigenvalue weighted by Crippen LogP contribution is 2.33. The van der Waals surface area contributed by atoms with Crippen LogP contribution in [0.1, 0.15) is 46.6 Å². The molecule has 158 valence electrons. The van der Waals surface area contributed by atoms with Gasteiger partial charge in [0.15, 0.2) is 17.3 Å². The fraction of sp³-hybridized carbons (Fsp3) is 0.364. The maximum Gasteiger partial charge on any atom is 0.291 e. The van der Waals surface area contributed by atoms with E-state index < -0.39 is 11.7 Å². The summed E-state index contributed by atoms with van der Waals surface area (Å²) in [6.45, 7) is 5.41. The van der Waals surface area contributed by atoms with Crippen molar-refractivity contribution in [3.63, 3.8) is 0 Å². The van der Waals surface area contributed by atoms with Crippen LogP contribution in [0.25, 0.3) is 11.0 Å². The second-order valence-electron chi connectivity index (χ2n) is 7.23. The Balaban J connectivity index is 1.57. The molecule has 1 amide bonds. The molecule has 1 saturated heterocycles. The van der Waals surface area contributed by atoms with Gasteiger partial charge in [-0.3, -0.25) is 14.5 Å². The molecule has 3 aromatic rings. The van der Waals surface area contributed by atoms with Crippen molar-refractivity contribution in [1.82, 2.24) is 4.90 Å². The van der Waals surface area contributed by atoms with Crippen LogP contribution in [0.2, 0.25) is 0 Å². The molecular formula is C22H23FN2O5. The van der Waals surface area contributed by atoms with E-state index in [1.54, 1.807) is 12.1 Å². The van der Waals surface area contributed by atoms with Crippen molar-refractivity contribution in [2.24, 2.45) is 0 Å². The highest BCUT2D eigenvalue weighted by molar-refractivity contribution is 6.14. The molecule has 4 rings (SSSR count). The number of carbonyl (C=O) groups is 2. The lowest BCUT2D eigenvalue weighted by Gasteiger charge is -2.25. The van der Waals surface area contributed by atoms with Gasteiger partial charge >= 0.3 is 0 Å². The van der Waals surface area contributed by atoms with Crippen LogP contribution < -0.4 is 5.32 Å². The maximum atomic E-state index is 13.8. The number of ketones is 1. The summed E-state index contributed by atoms with van der Waals surface area (Å²) in [6.07, 6.45) is 0.885. The second kappa shape index (κ2) is 8.81. The molecule has 0 spiro atoms. The Hall–Kier alpha value is -2.97. The standard InChI is InChI=1S/C22H23FN2O5/c1-2-3-17(26)21-20(16-12-14(23)4-6-18(16)30-21)24-22(27)19-7-5-15(29-19)13-25-8-10-28-11-9-25/h4-7,12H,2-3,8-11,13H2,1H3,(H,24,27). The maximum absolute atomic E-state index is 13.8. The molecule has 1 aromatic carbocycles. The Bertz CT molecular complexity index is 1060. The summed E-state index contributed by atoms with van der Waals surface area (Å²) < 4.78 is 30.4. The Kier molecular flexibility index (Phi) is 5.96. The van der Waals surface area contributed by atoms with Crippen molar-refractivity contribution in [3.8, 4) is 0 Å². The van der Waals surface area contributed by atoms with E-state index in [4.69, 9.17) is 13.6 Å². The number of carbonyl (C=O) groups excluding carboxylic acids is 2. The summed E-state index contributed by atoms with van der Waals surface area (Å²) in [5.74, 6) is -0.479. The number of morpholine rings is 1. The van der Waals surface area contributed by atoms with Crippen molar-refractivity contribution in [1.29, 1.82) is 0 Å². The summed E-state index contributed by atoms with van der Waals surface area (Å²) in [4.78, 5) is 27.5. The van der Waals surface area contributed by atoms with E-state index in [9.17, 15) is 14.0 Å². The number of ether oxygens (including phenoxy) is 1. The zero-order chi connectivity index (χ0) is 21.1. The Morgan fingerprint density at radius 3 is 2.70 bits per heavy atom. The molecule has 3 heterocycles. The average molecular weight is 414 g/mol. The number of furan rings is 2. The van der Waals surface area contributed by atoms with Crippen molar-refractivity contribution < 1.29 is 27.6 Å². The first-order valence-corrected chi connectivity index (χ1v) is 10.0. The number of fused-ring (bicyclic) bond motifs is 1. The summed E-state index contributed by atoms with van der Waals surface area (Å²) in [7, 11) is 0. The molecule has 30 heavy (non-hydrogen) atoms. The van der Waals surface area contributed by atoms with Gasteiger partial charge in [0.05, 0.1) is 25.4 Å². The van der Waals surface area contributed by atoms with Gasteiger partial charge in [-0.25, -0.2) is 4.39 Å². The minimum atomic E-state index is -0.527. The lowest BCUT2D eigenvalue weighted by molar-refractivity contribution is 0.0312. The number of Topliss-reactive ketones (excluding diaryl/α,β-unsaturated/α-hetero) is 1. The number of anilines is 1. The van der Waals surface area contributed by atoms with Gasteiger partial charge in [-0.1, -0.05) is 6.92 Å². The topological polar surface area (TPSA) is 84.9 Å². The molecule has 1 N–H and O–H groups in total. The lowest BCUT2D eigenvalue weighted by atomic mass is 10.1. The first kappa shape index (κ1) is 20.3. The van der Waals surface area contributed by atoms with Crippen LogP contribution >= 0.6 is 0 Å². The lowest BCUT2D eigenvalue weighted by Crippen LogP contribution is -2.35. The number of benzene rings is 1. The summed E-state index contributed by atoms with van der Waals surface area (Å²) in [5, 5.41) is 3.02. The SMILES string of the molecule is CCCC(=O)c1oc2ccc(F)cc2c1NC(=O)c1ccc(CN2CCOCC2)o1. The minimum Gasteiger partial charge on any atom is -0.455 e. The first-order chi connectivity index (χ1) is 14.5. The molecule has 1 aliphatic rings. The molecule has 2 aromatic heterocycles. The number of rotatable bonds is 7. The quantitative estimate of drug-likeness (QED) is 0.583. The molecule has 1 aliphatic heterocycles. The van der Waals surface area contributed by atoms with Gasteiger partial charge in [-0.05, 0) is 36.8 Å². The zero-order valence-corrected chi connectivity index (χ0v) is 16.7. The van der Waals surface area contributed by atoms with Crippen LogP contribution in [0.5, 0.6) is 0 Å². The van der Waals surface area contributed by atoms with Crippen LogP contribution in [0, 0.1) is 5.82 Å². The predicted octanol–water partition coefficient (Wildman–Crippen LogP) is 4.23. The van der Waals surface area contributed by atoms with Crippen molar-refractivity contribution >= 4 is 28.3 Å². The van der Waals surface area contributed by atoms with E-state index in [-0.39, 0.29) is 29.4 Å². The van der Waals surface area contributed by atoms with Crippen LogP contribution in [0.4, 0.5) is 10.1 Å². The third kappa shape index (κ3) is 4.29. The monoisotopic (exact) mass is 414 g/mol. The van der Waals surface area contributed by atoms with Crippen LogP contribution in [0.15, 0.2) is 39.2 Å². The molecule has 0 radical (unpaired) electrons. The normalized spacial score (nSPS) is 14.9. The number of halogens is 1. The van der Waals surface area contributed by atoms with Crippen molar-refractivity contribution in [2.75, 3.05) is 31.6 Å². The van der Waals surface area contributed by atoms with Gasteiger partial charge in [0.1, 0.15) is 17.2 Å². The summed E-state index contributed by atoms with van der Waals surface area (Å²) in [6, 6.07) is 7.26. The van der Waals surface area contributed by atoms with Crippen LogP contribution in [0.3, 0.4) is 0 Å². The predicted molar refractivity (Wildman–Crippen MR) is 108 cm³/mol. The minimum absolute atomic E-state index is 0.0193. The van der Waals surface area contributed by atoms with E-state index in [1.807, 2.05) is 6.92 Å². The van der Waals surface area contributed by atoms with Crippen molar-refractivity contribution in [3.05, 3.63) is 53.4 Å². The van der Waals surface area contributed by atoms with E-state index in [0.717, 1.165) is 13.1 Å². The molecule has 7 nitrogen and oxygen atoms in total. The van der Waals surface area contributed by atoms with E-state index in [0.29, 0.717) is 42.9 Å². The molecule has 0 unspecified atom stereocenters.